The van der Waals surface area contributed by atoms with E-state index in [1.54, 1.807) is 0 Å². The smallest absolute Gasteiger partial charge is 0.326 e. The third-order valence-electron chi connectivity index (χ3n) is 2.31. The number of rotatable bonds is 2. The minimum absolute atomic E-state index is 0.0966. The van der Waals surface area contributed by atoms with Gasteiger partial charge in [-0.1, -0.05) is 11.6 Å². The molecule has 0 fully saturated rings. The summed E-state index contributed by atoms with van der Waals surface area (Å²) in [5, 5.41) is 0.253. The summed E-state index contributed by atoms with van der Waals surface area (Å²) >= 11 is 6.04. The quantitative estimate of drug-likeness (QED) is 0.836. The van der Waals surface area contributed by atoms with Crippen LogP contribution in [0.5, 0.6) is 11.5 Å². The topological polar surface area (TPSA) is 84.2 Å². The Labute approximate surface area is 100 Å². The molecule has 6 nitrogen and oxygen atoms in total. The molecule has 1 heterocycles. The van der Waals surface area contributed by atoms with Crippen LogP contribution < -0.4 is 20.7 Å². The molecule has 7 heteroatoms. The van der Waals surface area contributed by atoms with Gasteiger partial charge in [0.1, 0.15) is 5.02 Å². The van der Waals surface area contributed by atoms with Gasteiger partial charge >= 0.3 is 5.69 Å². The molecule has 0 saturated heterocycles. The maximum atomic E-state index is 11.6. The monoisotopic (exact) mass is 256 g/mol. The summed E-state index contributed by atoms with van der Waals surface area (Å²) < 4.78 is 10.1. The number of ether oxygens (including phenoxy) is 2. The van der Waals surface area contributed by atoms with Gasteiger partial charge in [0.2, 0.25) is 0 Å². The van der Waals surface area contributed by atoms with Crippen molar-refractivity contribution < 1.29 is 9.47 Å². The molecule has 1 aromatic heterocycles. The van der Waals surface area contributed by atoms with Gasteiger partial charge in [-0.15, -0.1) is 0 Å². The highest BCUT2D eigenvalue weighted by atomic mass is 35.5. The Kier molecular flexibility index (Phi) is 2.81. The lowest BCUT2D eigenvalue weighted by atomic mass is 10.2. The van der Waals surface area contributed by atoms with Gasteiger partial charge in [0, 0.05) is 6.07 Å². The standard InChI is InChI=1S/C10H9ClN2O4/c1-16-5-3-4-6(7(11)8(5)17-2)9(14)13-10(15)12-4/h3H,1-2H3,(H2,12,13,14,15). The molecule has 2 aromatic rings. The fourth-order valence-electron chi connectivity index (χ4n) is 1.59. The van der Waals surface area contributed by atoms with Crippen LogP contribution >= 0.6 is 11.6 Å². The van der Waals surface area contributed by atoms with Gasteiger partial charge in [-0.05, 0) is 0 Å². The average molecular weight is 257 g/mol. The zero-order valence-corrected chi connectivity index (χ0v) is 9.84. The molecule has 0 atom stereocenters. The second-order valence-electron chi connectivity index (χ2n) is 3.26. The number of hydrogen-bond acceptors (Lipinski definition) is 4. The Morgan fingerprint density at radius 2 is 1.88 bits per heavy atom. The lowest BCUT2D eigenvalue weighted by molar-refractivity contribution is 0.356. The minimum atomic E-state index is -0.606. The Morgan fingerprint density at radius 1 is 1.18 bits per heavy atom. The van der Waals surface area contributed by atoms with Gasteiger partial charge < -0.3 is 14.5 Å². The predicted molar refractivity (Wildman–Crippen MR) is 63.3 cm³/mol. The van der Waals surface area contributed by atoms with Crippen LogP contribution in [0.1, 0.15) is 0 Å². The van der Waals surface area contributed by atoms with E-state index in [0.717, 1.165) is 0 Å². The lowest BCUT2D eigenvalue weighted by Gasteiger charge is -2.10. The Hall–Kier alpha value is -1.95. The minimum Gasteiger partial charge on any atom is -0.493 e. The summed E-state index contributed by atoms with van der Waals surface area (Å²) in [7, 11) is 2.85. The molecule has 2 rings (SSSR count). The molecule has 90 valence electrons. The Morgan fingerprint density at radius 3 is 2.47 bits per heavy atom. The van der Waals surface area contributed by atoms with Crippen molar-refractivity contribution in [2.75, 3.05) is 14.2 Å². The number of aromatic nitrogens is 2. The molecule has 0 aliphatic heterocycles. The van der Waals surface area contributed by atoms with Crippen molar-refractivity contribution in [3.63, 3.8) is 0 Å². The summed E-state index contributed by atoms with van der Waals surface area (Å²) in [6.07, 6.45) is 0. The van der Waals surface area contributed by atoms with E-state index in [1.165, 1.54) is 20.3 Å². The maximum absolute atomic E-state index is 11.6. The highest BCUT2D eigenvalue weighted by molar-refractivity contribution is 6.37. The number of halogens is 1. The molecule has 0 saturated carbocycles. The molecule has 0 unspecified atom stereocenters. The van der Waals surface area contributed by atoms with Crippen LogP contribution in [0.2, 0.25) is 5.02 Å². The molecule has 0 aliphatic rings. The predicted octanol–water partition coefficient (Wildman–Crippen LogP) is 0.887. The third-order valence-corrected chi connectivity index (χ3v) is 2.67. The highest BCUT2D eigenvalue weighted by Crippen LogP contribution is 2.38. The van der Waals surface area contributed by atoms with Crippen LogP contribution in [0.3, 0.4) is 0 Å². The molecule has 2 N–H and O–H groups in total. The van der Waals surface area contributed by atoms with E-state index in [-0.39, 0.29) is 16.2 Å². The number of methoxy groups -OCH3 is 2. The fourth-order valence-corrected chi connectivity index (χ4v) is 1.95. The van der Waals surface area contributed by atoms with E-state index in [4.69, 9.17) is 21.1 Å². The van der Waals surface area contributed by atoms with Crippen LogP contribution in [0.4, 0.5) is 0 Å². The molecular formula is C10H9ClN2O4. The number of nitrogens with one attached hydrogen (secondary N) is 2. The van der Waals surface area contributed by atoms with Gasteiger partial charge in [-0.3, -0.25) is 9.78 Å². The number of benzene rings is 1. The first-order valence-electron chi connectivity index (χ1n) is 4.65. The van der Waals surface area contributed by atoms with E-state index in [9.17, 15) is 9.59 Å². The second-order valence-corrected chi connectivity index (χ2v) is 3.63. The van der Waals surface area contributed by atoms with Crippen LogP contribution in [-0.2, 0) is 0 Å². The lowest BCUT2D eigenvalue weighted by Crippen LogP contribution is -2.22. The zero-order valence-electron chi connectivity index (χ0n) is 9.09. The van der Waals surface area contributed by atoms with Crippen LogP contribution in [-0.4, -0.2) is 24.2 Å². The van der Waals surface area contributed by atoms with Gasteiger partial charge in [0.25, 0.3) is 5.56 Å². The number of H-pyrrole nitrogens is 2. The zero-order chi connectivity index (χ0) is 12.6. The van der Waals surface area contributed by atoms with E-state index < -0.39 is 11.2 Å². The van der Waals surface area contributed by atoms with E-state index >= 15 is 0 Å². The summed E-state index contributed by atoms with van der Waals surface area (Å²) in [6.45, 7) is 0. The first-order chi connectivity index (χ1) is 8.08. The van der Waals surface area contributed by atoms with Crippen molar-refractivity contribution in [2.24, 2.45) is 0 Å². The molecular weight excluding hydrogens is 248 g/mol. The summed E-state index contributed by atoms with van der Waals surface area (Å²) in [5.74, 6) is 0.588. The molecule has 0 aliphatic carbocycles. The van der Waals surface area contributed by atoms with Crippen molar-refractivity contribution in [1.29, 1.82) is 0 Å². The van der Waals surface area contributed by atoms with Gasteiger partial charge in [-0.25, -0.2) is 4.79 Å². The van der Waals surface area contributed by atoms with Crippen molar-refractivity contribution >= 4 is 22.5 Å². The largest absolute Gasteiger partial charge is 0.493 e. The molecule has 17 heavy (non-hydrogen) atoms. The second kappa shape index (κ2) is 4.14. The van der Waals surface area contributed by atoms with Crippen LogP contribution in [0.25, 0.3) is 10.9 Å². The van der Waals surface area contributed by atoms with Crippen molar-refractivity contribution in [3.8, 4) is 11.5 Å². The van der Waals surface area contributed by atoms with E-state index in [1.807, 2.05) is 0 Å². The summed E-state index contributed by atoms with van der Waals surface area (Å²) in [6, 6.07) is 1.48. The molecule has 0 spiro atoms. The van der Waals surface area contributed by atoms with E-state index in [2.05, 4.69) is 9.97 Å². The molecule has 1 aromatic carbocycles. The van der Waals surface area contributed by atoms with Gasteiger partial charge in [-0.2, -0.15) is 0 Å². The molecule has 0 bridgehead atoms. The number of fused-ring (bicyclic) bond motifs is 1. The average Bonchev–Trinajstić information content (AvgIpc) is 2.27. The summed E-state index contributed by atoms with van der Waals surface area (Å²) in [5.41, 5.74) is -0.887. The SMILES string of the molecule is COc1cc2[nH]c(=O)[nH]c(=O)c2c(Cl)c1OC. The fraction of sp³-hybridized carbons (Fsp3) is 0.200. The maximum Gasteiger partial charge on any atom is 0.326 e. The first kappa shape index (κ1) is 11.5. The van der Waals surface area contributed by atoms with E-state index in [0.29, 0.717) is 11.3 Å². The Balaban J connectivity index is 3.01. The first-order valence-corrected chi connectivity index (χ1v) is 5.03. The third kappa shape index (κ3) is 1.76. The van der Waals surface area contributed by atoms with Crippen molar-refractivity contribution in [1.82, 2.24) is 9.97 Å². The van der Waals surface area contributed by atoms with Crippen LogP contribution in [0.15, 0.2) is 15.7 Å². The number of hydrogen-bond donors (Lipinski definition) is 2. The van der Waals surface area contributed by atoms with Gasteiger partial charge in [0.05, 0.1) is 25.1 Å². The van der Waals surface area contributed by atoms with Crippen LogP contribution in [0, 0.1) is 0 Å². The summed E-state index contributed by atoms with van der Waals surface area (Å²) in [4.78, 5) is 27.3. The highest BCUT2D eigenvalue weighted by Gasteiger charge is 2.16. The van der Waals surface area contributed by atoms with Crippen molar-refractivity contribution in [2.45, 2.75) is 0 Å². The van der Waals surface area contributed by atoms with Crippen molar-refractivity contribution in [3.05, 3.63) is 31.9 Å². The van der Waals surface area contributed by atoms with Gasteiger partial charge in [0.15, 0.2) is 11.5 Å². The molecule has 0 radical (unpaired) electrons. The molecule has 0 amide bonds. The number of aromatic amines is 2. The Bertz CT molecular complexity index is 689. The normalized spacial score (nSPS) is 10.5.